The molecule has 3 aromatic rings. The molecule has 180 valence electrons. The molecule has 34 heavy (non-hydrogen) atoms. The molecule has 0 radical (unpaired) electrons. The predicted molar refractivity (Wildman–Crippen MR) is 144 cm³/mol. The summed E-state index contributed by atoms with van der Waals surface area (Å²) in [6.45, 7) is 5.42. The van der Waals surface area contributed by atoms with Crippen LogP contribution in [0.15, 0.2) is 87.5 Å². The molecule has 0 aliphatic carbocycles. The lowest BCUT2D eigenvalue weighted by atomic mass is 10.2. The maximum atomic E-state index is 13.0. The van der Waals surface area contributed by atoms with Gasteiger partial charge in [0, 0.05) is 0 Å². The van der Waals surface area contributed by atoms with Crippen LogP contribution >= 0.6 is 31.9 Å². The third-order valence-electron chi connectivity index (χ3n) is 4.54. The zero-order valence-electron chi connectivity index (χ0n) is 18.4. The molecule has 0 unspecified atom stereocenters. The second-order valence-corrected chi connectivity index (χ2v) is 20.1. The lowest BCUT2D eigenvalue weighted by molar-refractivity contribution is 0.609. The van der Waals surface area contributed by atoms with Gasteiger partial charge in [0.1, 0.15) is 0 Å². The number of benzene rings is 3. The number of aryl methyl sites for hydroxylation is 3. The minimum Gasteiger partial charge on any atom is -0.213 e. The third kappa shape index (κ3) is 7.08. The Hall–Kier alpha value is -1.38. The van der Waals surface area contributed by atoms with E-state index in [2.05, 4.69) is 0 Å². The first-order chi connectivity index (χ1) is 15.8. The summed E-state index contributed by atoms with van der Waals surface area (Å²) in [5.74, 6) is 0. The summed E-state index contributed by atoms with van der Waals surface area (Å²) in [5, 5.41) is 0. The molecule has 0 aliphatic heterocycles. The zero-order valence-corrected chi connectivity index (χ0v) is 23.3. The molecular formula is C21H21BO6S6. The molecule has 3 rings (SSSR count). The first-order valence-corrected chi connectivity index (χ1v) is 18.4. The van der Waals surface area contributed by atoms with E-state index in [1.807, 2.05) is 0 Å². The highest BCUT2D eigenvalue weighted by molar-refractivity contribution is 9.15. The molecular weight excluding hydrogens is 551 g/mol. The van der Waals surface area contributed by atoms with Crippen molar-refractivity contribution in [1.82, 2.24) is 0 Å². The van der Waals surface area contributed by atoms with Crippen LogP contribution < -0.4 is 0 Å². The molecule has 0 spiro atoms. The minimum atomic E-state index is -4.05. The van der Waals surface area contributed by atoms with Crippen molar-refractivity contribution in [3.8, 4) is 0 Å². The maximum Gasteiger partial charge on any atom is 0.393 e. The van der Waals surface area contributed by atoms with E-state index >= 15 is 0 Å². The fourth-order valence-electron chi connectivity index (χ4n) is 2.64. The van der Waals surface area contributed by atoms with Crippen molar-refractivity contribution in [2.24, 2.45) is 0 Å². The summed E-state index contributed by atoms with van der Waals surface area (Å²) in [7, 11) is -11.3. The van der Waals surface area contributed by atoms with Gasteiger partial charge in [0.2, 0.25) is 26.6 Å². The zero-order chi connectivity index (χ0) is 25.1. The van der Waals surface area contributed by atoms with Crippen LogP contribution in [0, 0.1) is 20.8 Å². The molecule has 0 atom stereocenters. The van der Waals surface area contributed by atoms with Crippen LogP contribution in [0.1, 0.15) is 16.7 Å². The molecule has 0 heterocycles. The Morgan fingerprint density at radius 2 is 0.647 bits per heavy atom. The molecule has 0 aliphatic rings. The van der Waals surface area contributed by atoms with E-state index in [0.717, 1.165) is 16.7 Å². The smallest absolute Gasteiger partial charge is 0.213 e. The maximum absolute atomic E-state index is 13.0. The van der Waals surface area contributed by atoms with Gasteiger partial charge in [-0.05, 0) is 89.1 Å². The molecule has 3 aromatic carbocycles. The molecule has 13 heteroatoms. The summed E-state index contributed by atoms with van der Waals surface area (Å²) < 4.78 is 76.8. The summed E-state index contributed by atoms with van der Waals surface area (Å²) in [4.78, 5) is -0.0979. The fraction of sp³-hybridized carbons (Fsp3) is 0.143. The fourth-order valence-corrected chi connectivity index (χ4v) is 18.3. The lowest BCUT2D eigenvalue weighted by Crippen LogP contribution is -2.13. The van der Waals surface area contributed by atoms with Crippen molar-refractivity contribution in [3.63, 3.8) is 0 Å². The van der Waals surface area contributed by atoms with Gasteiger partial charge in [-0.1, -0.05) is 53.1 Å². The van der Waals surface area contributed by atoms with Crippen molar-refractivity contribution >= 4 is 63.1 Å². The minimum absolute atomic E-state index is 0.0326. The van der Waals surface area contributed by atoms with Gasteiger partial charge in [-0.2, -0.15) is 0 Å². The van der Waals surface area contributed by atoms with Crippen LogP contribution in [-0.4, -0.2) is 29.8 Å². The Morgan fingerprint density at radius 3 is 0.853 bits per heavy atom. The van der Waals surface area contributed by atoms with Crippen molar-refractivity contribution in [2.45, 2.75) is 35.5 Å². The highest BCUT2D eigenvalue weighted by Crippen LogP contribution is 2.44. The van der Waals surface area contributed by atoms with Crippen LogP contribution in [0.4, 0.5) is 0 Å². The van der Waals surface area contributed by atoms with Crippen LogP contribution in [0.3, 0.4) is 0 Å². The first-order valence-electron chi connectivity index (χ1n) is 9.78. The van der Waals surface area contributed by atoms with Crippen LogP contribution in [0.25, 0.3) is 0 Å². The summed E-state index contributed by atoms with van der Waals surface area (Å²) in [6.07, 6.45) is 0. The average molecular weight is 573 g/mol. The van der Waals surface area contributed by atoms with Gasteiger partial charge in [0.25, 0.3) is 0 Å². The Balaban J connectivity index is 1.97. The quantitative estimate of drug-likeness (QED) is 0.251. The van der Waals surface area contributed by atoms with Crippen LogP contribution in [0.5, 0.6) is 0 Å². The van der Waals surface area contributed by atoms with Crippen molar-refractivity contribution in [1.29, 1.82) is 0 Å². The van der Waals surface area contributed by atoms with Crippen molar-refractivity contribution in [2.75, 3.05) is 0 Å². The molecule has 0 aromatic heterocycles. The van der Waals surface area contributed by atoms with Gasteiger partial charge in [-0.25, -0.2) is 25.3 Å². The summed E-state index contributed by atoms with van der Waals surface area (Å²) in [6, 6.07) is 18.2. The molecule has 0 amide bonds. The Morgan fingerprint density at radius 1 is 0.441 bits per heavy atom. The van der Waals surface area contributed by atoms with E-state index in [9.17, 15) is 25.3 Å². The molecule has 0 saturated heterocycles. The van der Waals surface area contributed by atoms with Gasteiger partial charge in [0.05, 0.1) is 14.7 Å². The lowest BCUT2D eigenvalue weighted by Gasteiger charge is -2.14. The van der Waals surface area contributed by atoms with E-state index < -0.39 is 31.2 Å². The molecule has 0 N–H and O–H groups in total. The second kappa shape index (κ2) is 10.7. The number of hydrogen-bond donors (Lipinski definition) is 0. The van der Waals surface area contributed by atoms with Gasteiger partial charge in [-0.15, -0.1) is 0 Å². The standard InChI is InChI=1S/C21H21BO6S6/c1-16-4-10-19(11-5-16)32(23,24)29-22(30-33(25,26)20-12-6-17(2)7-13-20)31-34(27,28)21-14-8-18(3)9-15-21/h4-15H,1-3H3. The average Bonchev–Trinajstić information content (AvgIpc) is 2.73. The van der Waals surface area contributed by atoms with E-state index in [-0.39, 0.29) is 14.7 Å². The number of rotatable bonds is 9. The second-order valence-electron chi connectivity index (χ2n) is 7.38. The SMILES string of the molecule is Cc1ccc(S(=O)(=O)SB(SS(=O)(=O)c2ccc(C)cc2)SS(=O)(=O)c2ccc(C)cc2)cc1. The molecule has 6 nitrogen and oxygen atoms in total. The van der Waals surface area contributed by atoms with Gasteiger partial charge >= 0.3 is 4.55 Å². The molecule has 0 fully saturated rings. The predicted octanol–water partition coefficient (Wildman–Crippen LogP) is 5.26. The summed E-state index contributed by atoms with van der Waals surface area (Å²) >= 11 is 0. The monoisotopic (exact) mass is 572 g/mol. The Bertz CT molecular complexity index is 1280. The van der Waals surface area contributed by atoms with Crippen molar-refractivity contribution in [3.05, 3.63) is 89.5 Å². The van der Waals surface area contributed by atoms with Gasteiger partial charge in [0.15, 0.2) is 0 Å². The topological polar surface area (TPSA) is 102 Å². The van der Waals surface area contributed by atoms with Crippen molar-refractivity contribution < 1.29 is 25.3 Å². The third-order valence-corrected chi connectivity index (χ3v) is 18.0. The largest absolute Gasteiger partial charge is 0.393 e. The van der Waals surface area contributed by atoms with Crippen LogP contribution in [0.2, 0.25) is 0 Å². The Labute approximate surface area is 212 Å². The first kappa shape index (κ1) is 27.2. The number of hydrogen-bond acceptors (Lipinski definition) is 9. The normalized spacial score (nSPS) is 12.4. The van der Waals surface area contributed by atoms with E-state index in [0.29, 0.717) is 31.9 Å². The summed E-state index contributed by atoms with van der Waals surface area (Å²) in [5.41, 5.74) is 2.56. The van der Waals surface area contributed by atoms with E-state index in [1.54, 1.807) is 57.2 Å². The molecule has 0 bridgehead atoms. The van der Waals surface area contributed by atoms with Gasteiger partial charge in [-0.3, -0.25) is 0 Å². The van der Waals surface area contributed by atoms with E-state index in [4.69, 9.17) is 0 Å². The highest BCUT2D eigenvalue weighted by atomic mass is 33.2. The Kier molecular flexibility index (Phi) is 8.57. The highest BCUT2D eigenvalue weighted by Gasteiger charge is 2.37. The van der Waals surface area contributed by atoms with E-state index in [1.165, 1.54) is 36.4 Å². The molecule has 0 saturated carbocycles. The van der Waals surface area contributed by atoms with Crippen LogP contribution in [-0.2, 0) is 26.6 Å². The van der Waals surface area contributed by atoms with Gasteiger partial charge < -0.3 is 0 Å².